The average Bonchev–Trinajstić information content (AvgIpc) is 2.78. The van der Waals surface area contributed by atoms with E-state index in [0.29, 0.717) is 24.9 Å². The number of benzene rings is 1. The number of nitrogens with zero attached hydrogens (tertiary/aromatic N) is 3. The first-order valence-corrected chi connectivity index (χ1v) is 7.08. The molecular formula is C16H21FN4O. The minimum absolute atomic E-state index is 0.236. The number of hydrogen-bond acceptors (Lipinski definition) is 3. The van der Waals surface area contributed by atoms with Crippen molar-refractivity contribution in [3.63, 3.8) is 0 Å². The lowest BCUT2D eigenvalue weighted by Crippen LogP contribution is -2.38. The van der Waals surface area contributed by atoms with Crippen LogP contribution in [0.3, 0.4) is 0 Å². The van der Waals surface area contributed by atoms with Gasteiger partial charge in [0.15, 0.2) is 5.96 Å². The molecule has 0 fully saturated rings. The molecule has 2 aromatic rings. The maximum Gasteiger partial charge on any atom is 0.214 e. The van der Waals surface area contributed by atoms with Crippen LogP contribution in [0.25, 0.3) is 0 Å². The zero-order valence-corrected chi connectivity index (χ0v) is 13.4. The third kappa shape index (κ3) is 4.07. The van der Waals surface area contributed by atoms with Crippen LogP contribution < -0.4 is 5.32 Å². The molecule has 0 amide bonds. The fourth-order valence-corrected chi connectivity index (χ4v) is 2.14. The predicted octanol–water partition coefficient (Wildman–Crippen LogP) is 2.64. The number of guanidine groups is 1. The lowest BCUT2D eigenvalue weighted by atomic mass is 10.2. The average molecular weight is 304 g/mol. The van der Waals surface area contributed by atoms with Gasteiger partial charge in [-0.05, 0) is 31.5 Å². The fourth-order valence-electron chi connectivity index (χ4n) is 2.14. The van der Waals surface area contributed by atoms with Gasteiger partial charge in [0, 0.05) is 20.6 Å². The van der Waals surface area contributed by atoms with E-state index in [9.17, 15) is 4.39 Å². The van der Waals surface area contributed by atoms with Gasteiger partial charge in [-0.15, -0.1) is 0 Å². The summed E-state index contributed by atoms with van der Waals surface area (Å²) in [5.41, 5.74) is 1.77. The molecule has 22 heavy (non-hydrogen) atoms. The lowest BCUT2D eigenvalue weighted by molar-refractivity contribution is 0.442. The van der Waals surface area contributed by atoms with Crippen LogP contribution in [0.4, 0.5) is 4.39 Å². The van der Waals surface area contributed by atoms with E-state index >= 15 is 0 Å². The van der Waals surface area contributed by atoms with Crippen LogP contribution in [0, 0.1) is 19.7 Å². The van der Waals surface area contributed by atoms with Gasteiger partial charge in [-0.1, -0.05) is 12.1 Å². The van der Waals surface area contributed by atoms with Crippen LogP contribution in [-0.2, 0) is 13.1 Å². The second-order valence-electron chi connectivity index (χ2n) is 5.14. The summed E-state index contributed by atoms with van der Waals surface area (Å²) in [5.74, 6) is 1.90. The monoisotopic (exact) mass is 304 g/mol. The number of rotatable bonds is 4. The Morgan fingerprint density at radius 3 is 2.77 bits per heavy atom. The Bertz CT molecular complexity index is 646. The van der Waals surface area contributed by atoms with Crippen molar-refractivity contribution < 1.29 is 8.81 Å². The van der Waals surface area contributed by atoms with E-state index in [4.69, 9.17) is 4.42 Å². The van der Waals surface area contributed by atoms with Crippen molar-refractivity contribution in [1.82, 2.24) is 15.2 Å². The molecule has 1 aromatic carbocycles. The molecular weight excluding hydrogens is 283 g/mol. The van der Waals surface area contributed by atoms with Gasteiger partial charge in [-0.3, -0.25) is 4.99 Å². The van der Waals surface area contributed by atoms with Crippen molar-refractivity contribution >= 4 is 5.96 Å². The molecule has 5 nitrogen and oxygen atoms in total. The zero-order valence-electron chi connectivity index (χ0n) is 13.4. The topological polar surface area (TPSA) is 53.7 Å². The summed E-state index contributed by atoms with van der Waals surface area (Å²) in [6.45, 7) is 4.81. The Morgan fingerprint density at radius 1 is 1.41 bits per heavy atom. The SMILES string of the molecule is CN=C(NCc1nc(C)c(C)o1)N(C)Cc1cccc(F)c1. The Hall–Kier alpha value is -2.37. The molecule has 1 aromatic heterocycles. The third-order valence-corrected chi connectivity index (χ3v) is 3.35. The molecule has 1 heterocycles. The van der Waals surface area contributed by atoms with Crippen LogP contribution in [0.5, 0.6) is 0 Å². The van der Waals surface area contributed by atoms with Gasteiger partial charge >= 0.3 is 0 Å². The van der Waals surface area contributed by atoms with E-state index in [-0.39, 0.29) is 5.82 Å². The molecule has 0 saturated carbocycles. The van der Waals surface area contributed by atoms with Gasteiger partial charge in [0.2, 0.25) is 5.89 Å². The van der Waals surface area contributed by atoms with Crippen molar-refractivity contribution in [2.75, 3.05) is 14.1 Å². The van der Waals surface area contributed by atoms with Gasteiger partial charge < -0.3 is 14.6 Å². The number of aromatic nitrogens is 1. The highest BCUT2D eigenvalue weighted by atomic mass is 19.1. The molecule has 0 aliphatic heterocycles. The second-order valence-corrected chi connectivity index (χ2v) is 5.14. The maximum atomic E-state index is 13.2. The quantitative estimate of drug-likeness (QED) is 0.697. The van der Waals surface area contributed by atoms with E-state index in [1.165, 1.54) is 12.1 Å². The first kappa shape index (κ1) is 16.0. The molecule has 2 rings (SSSR count). The summed E-state index contributed by atoms with van der Waals surface area (Å²) in [6, 6.07) is 6.54. The van der Waals surface area contributed by atoms with Gasteiger partial charge in [0.1, 0.15) is 11.6 Å². The highest BCUT2D eigenvalue weighted by Crippen LogP contribution is 2.09. The second kappa shape index (κ2) is 7.06. The number of halogens is 1. The van der Waals surface area contributed by atoms with E-state index in [0.717, 1.165) is 17.0 Å². The van der Waals surface area contributed by atoms with Crippen LogP contribution in [-0.4, -0.2) is 29.9 Å². The van der Waals surface area contributed by atoms with Gasteiger partial charge in [-0.25, -0.2) is 9.37 Å². The molecule has 0 aliphatic rings. The van der Waals surface area contributed by atoms with Crippen LogP contribution in [0.15, 0.2) is 33.7 Å². The summed E-state index contributed by atoms with van der Waals surface area (Å²) in [4.78, 5) is 10.5. The van der Waals surface area contributed by atoms with Gasteiger partial charge in [-0.2, -0.15) is 0 Å². The molecule has 0 aliphatic carbocycles. The Labute approximate surface area is 129 Å². The normalized spacial score (nSPS) is 11.6. The maximum absolute atomic E-state index is 13.2. The molecule has 0 bridgehead atoms. The Morgan fingerprint density at radius 2 is 2.18 bits per heavy atom. The molecule has 0 unspecified atom stereocenters. The summed E-state index contributed by atoms with van der Waals surface area (Å²) >= 11 is 0. The van der Waals surface area contributed by atoms with Gasteiger partial charge in [0.25, 0.3) is 0 Å². The fraction of sp³-hybridized carbons (Fsp3) is 0.375. The number of oxazole rings is 1. The largest absolute Gasteiger partial charge is 0.444 e. The summed E-state index contributed by atoms with van der Waals surface area (Å²) in [7, 11) is 3.60. The molecule has 0 atom stereocenters. The minimum atomic E-state index is -0.236. The molecule has 1 N–H and O–H groups in total. The Kier molecular flexibility index (Phi) is 5.14. The zero-order chi connectivity index (χ0) is 16.1. The molecule has 0 radical (unpaired) electrons. The Balaban J connectivity index is 1.96. The number of nitrogens with one attached hydrogen (secondary N) is 1. The minimum Gasteiger partial charge on any atom is -0.444 e. The molecule has 6 heteroatoms. The number of hydrogen-bond donors (Lipinski definition) is 1. The van der Waals surface area contributed by atoms with Crippen LogP contribution in [0.2, 0.25) is 0 Å². The smallest absolute Gasteiger partial charge is 0.214 e. The van der Waals surface area contributed by atoms with E-state index in [1.54, 1.807) is 13.1 Å². The third-order valence-electron chi connectivity index (χ3n) is 3.35. The van der Waals surface area contributed by atoms with Crippen molar-refractivity contribution in [2.24, 2.45) is 4.99 Å². The number of aliphatic imine (C=N–C) groups is 1. The highest BCUT2D eigenvalue weighted by molar-refractivity contribution is 5.79. The van der Waals surface area contributed by atoms with Crippen molar-refractivity contribution in [3.8, 4) is 0 Å². The van der Waals surface area contributed by atoms with Gasteiger partial charge in [0.05, 0.1) is 12.2 Å². The standard InChI is InChI=1S/C16H21FN4O/c1-11-12(2)22-15(20-11)9-19-16(18-3)21(4)10-13-6-5-7-14(17)8-13/h5-8H,9-10H2,1-4H3,(H,18,19). The summed E-state index contributed by atoms with van der Waals surface area (Å²) in [5, 5.41) is 3.19. The summed E-state index contributed by atoms with van der Waals surface area (Å²) < 4.78 is 18.8. The van der Waals surface area contributed by atoms with E-state index < -0.39 is 0 Å². The van der Waals surface area contributed by atoms with E-state index in [1.807, 2.05) is 31.9 Å². The molecule has 0 saturated heterocycles. The molecule has 0 spiro atoms. The van der Waals surface area contributed by atoms with Crippen molar-refractivity contribution in [1.29, 1.82) is 0 Å². The first-order chi connectivity index (χ1) is 10.5. The van der Waals surface area contributed by atoms with E-state index in [2.05, 4.69) is 15.3 Å². The predicted molar refractivity (Wildman–Crippen MR) is 84.0 cm³/mol. The first-order valence-electron chi connectivity index (χ1n) is 7.08. The van der Waals surface area contributed by atoms with Crippen molar-refractivity contribution in [3.05, 3.63) is 53.0 Å². The lowest BCUT2D eigenvalue weighted by Gasteiger charge is -2.21. The van der Waals surface area contributed by atoms with Crippen LogP contribution in [0.1, 0.15) is 22.9 Å². The van der Waals surface area contributed by atoms with Crippen LogP contribution >= 0.6 is 0 Å². The van der Waals surface area contributed by atoms with Crippen molar-refractivity contribution in [2.45, 2.75) is 26.9 Å². The highest BCUT2D eigenvalue weighted by Gasteiger charge is 2.10. The summed E-state index contributed by atoms with van der Waals surface area (Å²) in [6.07, 6.45) is 0. The number of aryl methyl sites for hydroxylation is 2. The molecule has 118 valence electrons.